The van der Waals surface area contributed by atoms with Crippen LogP contribution in [0.5, 0.6) is 11.5 Å². The summed E-state index contributed by atoms with van der Waals surface area (Å²) < 4.78 is 37.3. The third-order valence-electron chi connectivity index (χ3n) is 5.43. The number of rotatable bonds is 5. The minimum atomic E-state index is -2.84. The van der Waals surface area contributed by atoms with Crippen LogP contribution in [0.3, 0.4) is 0 Å². The maximum absolute atomic E-state index is 12.1. The van der Waals surface area contributed by atoms with Crippen molar-refractivity contribution in [3.63, 3.8) is 0 Å². The number of thiol groups is 1. The van der Waals surface area contributed by atoms with E-state index in [9.17, 15) is 8.42 Å². The van der Waals surface area contributed by atoms with Crippen LogP contribution in [0.15, 0.2) is 95.9 Å². The van der Waals surface area contributed by atoms with Gasteiger partial charge in [-0.1, -0.05) is 36.4 Å². The Kier molecular flexibility index (Phi) is 4.75. The van der Waals surface area contributed by atoms with Gasteiger partial charge in [0.05, 0.1) is 10.5 Å². The summed E-state index contributed by atoms with van der Waals surface area (Å²) in [7, 11) is -2.84. The van der Waals surface area contributed by atoms with Crippen LogP contribution in [0.1, 0.15) is 11.1 Å². The molecule has 0 bridgehead atoms. The summed E-state index contributed by atoms with van der Waals surface area (Å²) in [6.45, 7) is 0. The summed E-state index contributed by atoms with van der Waals surface area (Å²) >= 11 is 0. The molecule has 0 radical (unpaired) electrons. The van der Waals surface area contributed by atoms with E-state index in [0.29, 0.717) is 39.6 Å². The van der Waals surface area contributed by atoms with E-state index in [2.05, 4.69) is 0 Å². The quantitative estimate of drug-likeness (QED) is 0.243. The zero-order valence-electron chi connectivity index (χ0n) is 16.9. The van der Waals surface area contributed by atoms with Crippen molar-refractivity contribution in [1.82, 2.24) is 0 Å². The molecule has 0 saturated carbocycles. The Bertz CT molecular complexity index is 1320. The van der Waals surface area contributed by atoms with Crippen molar-refractivity contribution in [2.24, 2.45) is 0 Å². The highest BCUT2D eigenvalue weighted by Gasteiger charge is 2.49. The van der Waals surface area contributed by atoms with Crippen LogP contribution in [-0.2, 0) is 16.5 Å². The smallest absolute Gasteiger partial charge is 0.306 e. The fourth-order valence-corrected chi connectivity index (χ4v) is 4.66. The third-order valence-corrected chi connectivity index (χ3v) is 6.19. The Morgan fingerprint density at radius 3 is 1.72 bits per heavy atom. The van der Waals surface area contributed by atoms with Crippen LogP contribution in [0.2, 0.25) is 0 Å². The Morgan fingerprint density at radius 2 is 1.16 bits per heavy atom. The van der Waals surface area contributed by atoms with Gasteiger partial charge in [0.1, 0.15) is 11.5 Å². The molecular formula is C25H20N2O4S. The topological polar surface area (TPSA) is 105 Å². The second-order valence-electron chi connectivity index (χ2n) is 7.46. The number of nitrogen functional groups attached to an aromatic ring is 2. The average Bonchev–Trinajstić information content (AvgIpc) is 3.07. The number of ether oxygens (including phenoxy) is 2. The van der Waals surface area contributed by atoms with E-state index in [4.69, 9.17) is 20.9 Å². The molecule has 32 heavy (non-hydrogen) atoms. The van der Waals surface area contributed by atoms with E-state index in [1.54, 1.807) is 60.7 Å². The summed E-state index contributed by atoms with van der Waals surface area (Å²) in [4.78, 5) is 0.216. The fraction of sp³-hybridized carbons (Fsp3) is 0.0400. The van der Waals surface area contributed by atoms with E-state index < -0.39 is 16.5 Å². The molecule has 0 unspecified atom stereocenters. The Labute approximate surface area is 187 Å². The first-order chi connectivity index (χ1) is 15.5. The number of benzene rings is 4. The maximum Gasteiger partial charge on any atom is 0.306 e. The summed E-state index contributed by atoms with van der Waals surface area (Å²) in [6, 6.07) is 26.5. The molecule has 0 aliphatic heterocycles. The van der Waals surface area contributed by atoms with Gasteiger partial charge in [-0.3, -0.25) is 0 Å². The molecule has 4 N–H and O–H groups in total. The average molecular weight is 445 g/mol. The van der Waals surface area contributed by atoms with Gasteiger partial charge in [0.25, 0.3) is 0 Å². The van der Waals surface area contributed by atoms with Crippen molar-refractivity contribution < 1.29 is 17.9 Å². The maximum atomic E-state index is 12.1. The van der Waals surface area contributed by atoms with Gasteiger partial charge < -0.3 is 20.9 Å². The van der Waals surface area contributed by atoms with E-state index in [1.165, 1.54) is 0 Å². The first-order valence-corrected chi connectivity index (χ1v) is 11.1. The standard InChI is InChI=1S/C25H20N2O4S/c26-16-8-12-18(13-9-16)30-25(31-19-14-10-17(27)11-15-19)21-5-2-1-4-20(21)24-22(25)6-3-7-23(24)32(28)29/h1-15,32H,26-27H2. The van der Waals surface area contributed by atoms with Gasteiger partial charge in [-0.05, 0) is 60.2 Å². The van der Waals surface area contributed by atoms with Crippen LogP contribution in [0.25, 0.3) is 11.1 Å². The summed E-state index contributed by atoms with van der Waals surface area (Å²) in [6.07, 6.45) is 0. The highest BCUT2D eigenvalue weighted by molar-refractivity contribution is 7.72. The number of anilines is 2. The van der Waals surface area contributed by atoms with Crippen molar-refractivity contribution >= 4 is 22.1 Å². The zero-order valence-corrected chi connectivity index (χ0v) is 17.8. The molecule has 4 aromatic rings. The zero-order chi connectivity index (χ0) is 22.3. The minimum absolute atomic E-state index is 0.216. The van der Waals surface area contributed by atoms with Crippen LogP contribution in [0, 0.1) is 0 Å². The molecule has 0 aromatic heterocycles. The summed E-state index contributed by atoms with van der Waals surface area (Å²) in [5, 5.41) is 0. The molecule has 7 heteroatoms. The molecule has 0 atom stereocenters. The molecule has 0 heterocycles. The molecule has 0 spiro atoms. The Hall–Kier alpha value is -3.97. The van der Waals surface area contributed by atoms with E-state index in [-0.39, 0.29) is 4.90 Å². The molecule has 5 rings (SSSR count). The van der Waals surface area contributed by atoms with Gasteiger partial charge in [0.15, 0.2) is 10.7 Å². The number of hydrogen-bond acceptors (Lipinski definition) is 6. The third kappa shape index (κ3) is 3.23. The molecule has 0 saturated heterocycles. The predicted molar refractivity (Wildman–Crippen MR) is 124 cm³/mol. The first-order valence-electron chi connectivity index (χ1n) is 9.95. The lowest BCUT2D eigenvalue weighted by Gasteiger charge is -2.33. The lowest BCUT2D eigenvalue weighted by molar-refractivity contribution is -0.0806. The second kappa shape index (κ2) is 7.62. The van der Waals surface area contributed by atoms with Gasteiger partial charge in [0, 0.05) is 22.5 Å². The molecule has 1 aliphatic carbocycles. The van der Waals surface area contributed by atoms with E-state index >= 15 is 0 Å². The van der Waals surface area contributed by atoms with Gasteiger partial charge in [-0.25, -0.2) is 8.42 Å². The highest BCUT2D eigenvalue weighted by atomic mass is 32.2. The monoisotopic (exact) mass is 444 g/mol. The van der Waals surface area contributed by atoms with Crippen LogP contribution in [0.4, 0.5) is 11.4 Å². The predicted octanol–water partition coefficient (Wildman–Crippen LogP) is 4.16. The highest BCUT2D eigenvalue weighted by Crippen LogP contribution is 2.52. The van der Waals surface area contributed by atoms with Crippen molar-refractivity contribution in [3.8, 4) is 22.6 Å². The van der Waals surface area contributed by atoms with Crippen LogP contribution in [-0.4, -0.2) is 8.42 Å². The second-order valence-corrected chi connectivity index (χ2v) is 8.46. The number of hydrogen-bond donors (Lipinski definition) is 3. The van der Waals surface area contributed by atoms with Crippen molar-refractivity contribution in [1.29, 1.82) is 0 Å². The van der Waals surface area contributed by atoms with Gasteiger partial charge in [0.2, 0.25) is 0 Å². The van der Waals surface area contributed by atoms with E-state index in [1.807, 2.05) is 30.3 Å². The lowest BCUT2D eigenvalue weighted by atomic mass is 10.0. The minimum Gasteiger partial charge on any atom is -0.444 e. The fourth-order valence-electron chi connectivity index (χ4n) is 4.03. The van der Waals surface area contributed by atoms with Crippen LogP contribution >= 0.6 is 0 Å². The van der Waals surface area contributed by atoms with Gasteiger partial charge >= 0.3 is 5.79 Å². The molecule has 4 aromatic carbocycles. The molecular weight excluding hydrogens is 424 g/mol. The molecule has 1 aliphatic rings. The molecule has 6 nitrogen and oxygen atoms in total. The summed E-state index contributed by atoms with van der Waals surface area (Å²) in [5.41, 5.74) is 15.5. The van der Waals surface area contributed by atoms with Crippen LogP contribution < -0.4 is 20.9 Å². The summed E-state index contributed by atoms with van der Waals surface area (Å²) in [5.74, 6) is -0.372. The Balaban J connectivity index is 1.78. The molecule has 0 amide bonds. The van der Waals surface area contributed by atoms with Gasteiger partial charge in [-0.2, -0.15) is 0 Å². The normalized spacial score (nSPS) is 13.4. The lowest BCUT2D eigenvalue weighted by Crippen LogP contribution is -2.39. The SMILES string of the molecule is Nc1ccc(OC2(Oc3ccc(N)cc3)c3ccccc3-c3c([SH](=O)=O)cccc32)cc1. The number of fused-ring (bicyclic) bond motifs is 3. The van der Waals surface area contributed by atoms with Crippen molar-refractivity contribution in [2.45, 2.75) is 10.7 Å². The molecule has 0 fully saturated rings. The molecule has 160 valence electrons. The first kappa shape index (κ1) is 20.0. The number of nitrogens with two attached hydrogens (primary N) is 2. The van der Waals surface area contributed by atoms with Crippen molar-refractivity contribution in [2.75, 3.05) is 11.5 Å². The van der Waals surface area contributed by atoms with E-state index in [0.717, 1.165) is 5.56 Å². The largest absolute Gasteiger partial charge is 0.444 e. The Morgan fingerprint density at radius 1 is 0.625 bits per heavy atom. The van der Waals surface area contributed by atoms with Crippen molar-refractivity contribution in [3.05, 3.63) is 102 Å². The van der Waals surface area contributed by atoms with Gasteiger partial charge in [-0.15, -0.1) is 0 Å².